The molecule has 0 aliphatic rings. The van der Waals surface area contributed by atoms with E-state index in [2.05, 4.69) is 39.4 Å². The van der Waals surface area contributed by atoms with Gasteiger partial charge in [0.05, 0.1) is 3.79 Å². The zero-order valence-electron chi connectivity index (χ0n) is 11.3. The minimum Gasteiger partial charge on any atom is -0.326 e. The van der Waals surface area contributed by atoms with Gasteiger partial charge in [0, 0.05) is 30.6 Å². The molecule has 1 rings (SSSR count). The third-order valence-electron chi connectivity index (χ3n) is 2.84. The summed E-state index contributed by atoms with van der Waals surface area (Å²) >= 11 is 4.62. The first-order chi connectivity index (χ1) is 8.77. The number of hydrogen-bond acceptors (Lipinski definition) is 5. The Bertz CT molecular complexity index is 514. The molecule has 0 unspecified atom stereocenters. The second-order valence-corrected chi connectivity index (χ2v) is 8.72. The van der Waals surface area contributed by atoms with Crippen molar-refractivity contribution in [2.45, 2.75) is 31.3 Å². The summed E-state index contributed by atoms with van der Waals surface area (Å²) in [6, 6.07) is 2.00. The van der Waals surface area contributed by atoms with Crippen LogP contribution in [0.2, 0.25) is 0 Å². The van der Waals surface area contributed by atoms with Gasteiger partial charge in [-0.05, 0) is 42.9 Å². The van der Waals surface area contributed by atoms with Crippen molar-refractivity contribution >= 4 is 37.3 Å². The third kappa shape index (κ3) is 4.80. The topological polar surface area (TPSA) is 75.4 Å². The Morgan fingerprint density at radius 2 is 2.16 bits per heavy atom. The van der Waals surface area contributed by atoms with Crippen LogP contribution >= 0.6 is 27.3 Å². The number of nitrogens with one attached hydrogen (secondary N) is 1. The van der Waals surface area contributed by atoms with Gasteiger partial charge in [0.2, 0.25) is 10.0 Å². The number of thiophene rings is 1. The molecule has 0 amide bonds. The minimum absolute atomic E-state index is 0.269. The van der Waals surface area contributed by atoms with Crippen molar-refractivity contribution in [3.8, 4) is 0 Å². The molecule has 110 valence electrons. The number of nitrogens with zero attached hydrogens (tertiary/aromatic N) is 1. The van der Waals surface area contributed by atoms with E-state index in [9.17, 15) is 8.42 Å². The van der Waals surface area contributed by atoms with Crippen molar-refractivity contribution < 1.29 is 8.42 Å². The molecule has 0 bridgehead atoms. The van der Waals surface area contributed by atoms with Crippen LogP contribution in [0.25, 0.3) is 0 Å². The van der Waals surface area contributed by atoms with Crippen LogP contribution in [-0.4, -0.2) is 39.5 Å². The molecule has 0 aliphatic carbocycles. The van der Waals surface area contributed by atoms with Gasteiger partial charge < -0.3 is 10.6 Å². The van der Waals surface area contributed by atoms with Crippen LogP contribution < -0.4 is 10.5 Å². The van der Waals surface area contributed by atoms with E-state index in [1.54, 1.807) is 6.07 Å². The number of rotatable bonds is 7. The van der Waals surface area contributed by atoms with Crippen LogP contribution in [0, 0.1) is 0 Å². The Morgan fingerprint density at radius 3 is 2.63 bits per heavy atom. The average Bonchev–Trinajstić information content (AvgIpc) is 2.70. The molecule has 0 fully saturated rings. The van der Waals surface area contributed by atoms with Gasteiger partial charge in [-0.25, -0.2) is 13.1 Å². The summed E-state index contributed by atoms with van der Waals surface area (Å²) in [5, 5.41) is 0. The number of likely N-dealkylation sites (N-methyl/N-ethyl adjacent to an activating group) is 1. The summed E-state index contributed by atoms with van der Waals surface area (Å²) in [6.45, 7) is 5.53. The lowest BCUT2D eigenvalue weighted by Gasteiger charge is -2.20. The summed E-state index contributed by atoms with van der Waals surface area (Å²) in [6.07, 6.45) is 0. The molecule has 0 saturated carbocycles. The van der Waals surface area contributed by atoms with Crippen LogP contribution in [0.5, 0.6) is 0 Å². The maximum Gasteiger partial charge on any atom is 0.242 e. The van der Waals surface area contributed by atoms with E-state index >= 15 is 0 Å². The summed E-state index contributed by atoms with van der Waals surface area (Å²) in [5.74, 6) is 0. The van der Waals surface area contributed by atoms with Crippen LogP contribution in [-0.2, 0) is 16.6 Å². The second kappa shape index (κ2) is 7.14. The number of halogens is 1. The Morgan fingerprint density at radius 1 is 1.53 bits per heavy atom. The van der Waals surface area contributed by atoms with E-state index in [4.69, 9.17) is 5.73 Å². The van der Waals surface area contributed by atoms with E-state index in [1.165, 1.54) is 11.3 Å². The van der Waals surface area contributed by atoms with E-state index in [0.717, 1.165) is 4.88 Å². The molecular formula is C11H20BrN3O2S2. The van der Waals surface area contributed by atoms with E-state index in [0.29, 0.717) is 29.5 Å². The third-order valence-corrected chi connectivity index (χ3v) is 6.57. The minimum atomic E-state index is -3.47. The highest BCUT2D eigenvalue weighted by atomic mass is 79.9. The molecule has 3 N–H and O–H groups in total. The maximum absolute atomic E-state index is 12.1. The van der Waals surface area contributed by atoms with E-state index < -0.39 is 10.0 Å². The zero-order chi connectivity index (χ0) is 14.6. The van der Waals surface area contributed by atoms with Crippen LogP contribution in [0.15, 0.2) is 14.7 Å². The van der Waals surface area contributed by atoms with Crippen LogP contribution in [0.4, 0.5) is 0 Å². The summed E-state index contributed by atoms with van der Waals surface area (Å²) in [5.41, 5.74) is 5.52. The quantitative estimate of drug-likeness (QED) is 0.764. The van der Waals surface area contributed by atoms with Gasteiger partial charge in [0.15, 0.2) is 0 Å². The van der Waals surface area contributed by atoms with Gasteiger partial charge in [-0.2, -0.15) is 0 Å². The second-order valence-electron chi connectivity index (χ2n) is 4.53. The maximum atomic E-state index is 12.1. The first-order valence-corrected chi connectivity index (χ1v) is 9.05. The molecule has 0 radical (unpaired) electrons. The lowest BCUT2D eigenvalue weighted by atomic mass is 10.3. The van der Waals surface area contributed by atoms with Crippen molar-refractivity contribution in [2.24, 2.45) is 5.73 Å². The Hall–Kier alpha value is 0.01000. The van der Waals surface area contributed by atoms with Gasteiger partial charge >= 0.3 is 0 Å². The molecule has 1 aromatic heterocycles. The Kier molecular flexibility index (Phi) is 6.41. The van der Waals surface area contributed by atoms with Gasteiger partial charge in [-0.15, -0.1) is 11.3 Å². The molecule has 0 atom stereocenters. The number of hydrogen-bond donors (Lipinski definition) is 2. The van der Waals surface area contributed by atoms with Crippen molar-refractivity contribution in [3.63, 3.8) is 0 Å². The fraction of sp³-hybridized carbons (Fsp3) is 0.636. The predicted octanol–water partition coefficient (Wildman–Crippen LogP) is 1.59. The van der Waals surface area contributed by atoms with Crippen LogP contribution in [0.3, 0.4) is 0 Å². The smallest absolute Gasteiger partial charge is 0.242 e. The molecule has 0 aromatic carbocycles. The Balaban J connectivity index is 2.68. The van der Waals surface area contributed by atoms with Crippen molar-refractivity contribution in [2.75, 3.05) is 20.1 Å². The SMILES string of the molecule is CC(C)N(C)CCNS(=O)(=O)c1cc(CN)sc1Br. The Labute approximate surface area is 127 Å². The van der Waals surface area contributed by atoms with Crippen LogP contribution in [0.1, 0.15) is 18.7 Å². The van der Waals surface area contributed by atoms with Gasteiger partial charge in [0.25, 0.3) is 0 Å². The van der Waals surface area contributed by atoms with Crippen molar-refractivity contribution in [1.82, 2.24) is 9.62 Å². The highest BCUT2D eigenvalue weighted by Gasteiger charge is 2.20. The normalized spacial score (nSPS) is 12.6. The van der Waals surface area contributed by atoms with Gasteiger partial charge in [0.1, 0.15) is 4.90 Å². The van der Waals surface area contributed by atoms with Gasteiger partial charge in [-0.1, -0.05) is 0 Å². The van der Waals surface area contributed by atoms with Crippen molar-refractivity contribution in [3.05, 3.63) is 14.7 Å². The largest absolute Gasteiger partial charge is 0.326 e. The van der Waals surface area contributed by atoms with E-state index in [1.807, 2.05) is 7.05 Å². The summed E-state index contributed by atoms with van der Waals surface area (Å²) in [4.78, 5) is 3.19. The molecule has 1 aromatic rings. The summed E-state index contributed by atoms with van der Waals surface area (Å²) < 4.78 is 27.5. The lowest BCUT2D eigenvalue weighted by Crippen LogP contribution is -2.36. The fourth-order valence-electron chi connectivity index (χ4n) is 1.37. The van der Waals surface area contributed by atoms with Gasteiger partial charge in [-0.3, -0.25) is 0 Å². The first-order valence-electron chi connectivity index (χ1n) is 5.96. The summed E-state index contributed by atoms with van der Waals surface area (Å²) in [7, 11) is -1.51. The molecule has 19 heavy (non-hydrogen) atoms. The standard InChI is InChI=1S/C11H20BrN3O2S2/c1-8(2)15(3)5-4-14-19(16,17)10-6-9(7-13)18-11(10)12/h6,8,14H,4-5,7,13H2,1-3H3. The van der Waals surface area contributed by atoms with Crippen molar-refractivity contribution in [1.29, 1.82) is 0 Å². The molecule has 0 saturated heterocycles. The monoisotopic (exact) mass is 369 g/mol. The molecular weight excluding hydrogens is 350 g/mol. The van der Waals surface area contributed by atoms with E-state index in [-0.39, 0.29) is 4.90 Å². The highest BCUT2D eigenvalue weighted by molar-refractivity contribution is 9.11. The average molecular weight is 370 g/mol. The first kappa shape index (κ1) is 17.1. The highest BCUT2D eigenvalue weighted by Crippen LogP contribution is 2.31. The zero-order valence-corrected chi connectivity index (χ0v) is 14.5. The fourth-order valence-corrected chi connectivity index (χ4v) is 4.95. The molecule has 5 nitrogen and oxygen atoms in total. The lowest BCUT2D eigenvalue weighted by molar-refractivity contribution is 0.278. The predicted molar refractivity (Wildman–Crippen MR) is 82.9 cm³/mol. The number of nitrogens with two attached hydrogens (primary N) is 1. The molecule has 1 heterocycles. The molecule has 8 heteroatoms. The molecule has 0 spiro atoms. The molecule has 0 aliphatic heterocycles. The number of sulfonamides is 1.